The molecule has 0 spiro atoms. The standard InChI is InChI=1S/C20H38O6S2/c1-4-7-8-9-10-11-12-13-14-15-16-17-18-20(19(21)22,27(23,24)5-2)28(25,26)6-3/h11-12H,4-10,13-18H2,1-3H3,(H,21,22). The second-order valence-corrected chi connectivity index (χ2v) is 12.4. The SMILES string of the molecule is CCCCCCC=CCCCCCCC(C(=O)O)(S(=O)(=O)CC)S(=O)(=O)CC. The van der Waals surface area contributed by atoms with Crippen LogP contribution in [0.5, 0.6) is 0 Å². The number of hydrogen-bond acceptors (Lipinski definition) is 5. The topological polar surface area (TPSA) is 106 Å². The molecule has 1 N–H and O–H groups in total. The maximum Gasteiger partial charge on any atom is 0.340 e. The number of aliphatic carboxylic acids is 1. The summed E-state index contributed by atoms with van der Waals surface area (Å²) in [6.07, 6.45) is 13.5. The number of carboxylic acid groups (broad SMARTS) is 1. The molecular weight excluding hydrogens is 400 g/mol. The molecule has 0 aliphatic rings. The molecule has 0 saturated heterocycles. The van der Waals surface area contributed by atoms with Gasteiger partial charge in [-0.15, -0.1) is 0 Å². The zero-order valence-electron chi connectivity index (χ0n) is 17.7. The van der Waals surface area contributed by atoms with Crippen LogP contribution in [0.1, 0.15) is 91.4 Å². The highest BCUT2D eigenvalue weighted by Crippen LogP contribution is 2.33. The third-order valence-electron chi connectivity index (χ3n) is 5.11. The van der Waals surface area contributed by atoms with E-state index in [1.54, 1.807) is 0 Å². The highest BCUT2D eigenvalue weighted by molar-refractivity contribution is 8.11. The van der Waals surface area contributed by atoms with Gasteiger partial charge in [-0.25, -0.2) is 21.6 Å². The first-order valence-electron chi connectivity index (χ1n) is 10.5. The first kappa shape index (κ1) is 27.1. The highest BCUT2D eigenvalue weighted by Gasteiger charge is 2.59. The van der Waals surface area contributed by atoms with Crippen molar-refractivity contribution in [3.8, 4) is 0 Å². The van der Waals surface area contributed by atoms with Crippen molar-refractivity contribution in [1.82, 2.24) is 0 Å². The fourth-order valence-electron chi connectivity index (χ4n) is 3.24. The van der Waals surface area contributed by atoms with E-state index in [1.807, 2.05) is 0 Å². The summed E-state index contributed by atoms with van der Waals surface area (Å²) in [5, 5.41) is 9.57. The van der Waals surface area contributed by atoms with Crippen molar-refractivity contribution in [2.45, 2.75) is 95.5 Å². The monoisotopic (exact) mass is 438 g/mol. The van der Waals surface area contributed by atoms with Crippen LogP contribution < -0.4 is 0 Å². The summed E-state index contributed by atoms with van der Waals surface area (Å²) < 4.78 is 47.0. The van der Waals surface area contributed by atoms with Gasteiger partial charge in [-0.05, 0) is 32.1 Å². The first-order chi connectivity index (χ1) is 13.1. The van der Waals surface area contributed by atoms with E-state index in [2.05, 4.69) is 19.1 Å². The number of unbranched alkanes of at least 4 members (excludes halogenated alkanes) is 8. The molecule has 0 aliphatic carbocycles. The second-order valence-electron chi connectivity index (χ2n) is 7.14. The van der Waals surface area contributed by atoms with Gasteiger partial charge in [-0.1, -0.05) is 71.4 Å². The largest absolute Gasteiger partial charge is 0.479 e. The molecule has 0 bridgehead atoms. The Morgan fingerprint density at radius 1 is 0.750 bits per heavy atom. The molecule has 0 aromatic rings. The van der Waals surface area contributed by atoms with Crippen LogP contribution in [0.2, 0.25) is 0 Å². The molecule has 0 amide bonds. The van der Waals surface area contributed by atoms with E-state index in [4.69, 9.17) is 0 Å². The van der Waals surface area contributed by atoms with Crippen LogP contribution in [0.4, 0.5) is 0 Å². The van der Waals surface area contributed by atoms with Gasteiger partial charge < -0.3 is 5.11 Å². The number of carbonyl (C=O) groups is 1. The Bertz CT molecular complexity index is 643. The summed E-state index contributed by atoms with van der Waals surface area (Å²) in [5.41, 5.74) is 0. The average Bonchev–Trinajstić information content (AvgIpc) is 2.64. The van der Waals surface area contributed by atoms with Gasteiger partial charge in [0.15, 0.2) is 19.7 Å². The van der Waals surface area contributed by atoms with Gasteiger partial charge in [0.25, 0.3) is 4.08 Å². The normalized spacial score (nSPS) is 13.2. The number of allylic oxidation sites excluding steroid dienone is 2. The Kier molecular flexibility index (Phi) is 12.9. The van der Waals surface area contributed by atoms with Crippen LogP contribution in [0.15, 0.2) is 12.2 Å². The maximum absolute atomic E-state index is 12.4. The zero-order chi connectivity index (χ0) is 21.7. The van der Waals surface area contributed by atoms with Gasteiger partial charge in [0.1, 0.15) is 0 Å². The van der Waals surface area contributed by atoms with Crippen LogP contribution >= 0.6 is 0 Å². The molecule has 28 heavy (non-hydrogen) atoms. The lowest BCUT2D eigenvalue weighted by atomic mass is 10.1. The smallest absolute Gasteiger partial charge is 0.340 e. The van der Waals surface area contributed by atoms with Crippen molar-refractivity contribution < 1.29 is 26.7 Å². The van der Waals surface area contributed by atoms with Crippen molar-refractivity contribution in [3.63, 3.8) is 0 Å². The van der Waals surface area contributed by atoms with E-state index < -0.39 is 41.2 Å². The van der Waals surface area contributed by atoms with Crippen molar-refractivity contribution >= 4 is 25.6 Å². The highest BCUT2D eigenvalue weighted by atomic mass is 32.3. The Morgan fingerprint density at radius 3 is 1.57 bits per heavy atom. The number of rotatable bonds is 17. The van der Waals surface area contributed by atoms with Crippen LogP contribution in [0.25, 0.3) is 0 Å². The minimum Gasteiger partial charge on any atom is -0.479 e. The van der Waals surface area contributed by atoms with Crippen molar-refractivity contribution in [3.05, 3.63) is 12.2 Å². The molecule has 0 aliphatic heterocycles. The molecule has 8 heteroatoms. The maximum atomic E-state index is 12.4. The first-order valence-corrected chi connectivity index (χ1v) is 13.8. The molecule has 6 nitrogen and oxygen atoms in total. The van der Waals surface area contributed by atoms with Gasteiger partial charge >= 0.3 is 5.97 Å². The molecule has 0 unspecified atom stereocenters. The lowest BCUT2D eigenvalue weighted by Gasteiger charge is -2.28. The molecule has 0 atom stereocenters. The third kappa shape index (κ3) is 7.50. The third-order valence-corrected chi connectivity index (χ3v) is 10.9. The van der Waals surface area contributed by atoms with E-state index in [-0.39, 0.29) is 12.8 Å². The van der Waals surface area contributed by atoms with Gasteiger partial charge in [0, 0.05) is 11.5 Å². The van der Waals surface area contributed by atoms with Gasteiger partial charge in [0.2, 0.25) is 0 Å². The van der Waals surface area contributed by atoms with E-state index in [0.29, 0.717) is 6.42 Å². The lowest BCUT2D eigenvalue weighted by molar-refractivity contribution is -0.137. The predicted octanol–water partition coefficient (Wildman–Crippen LogP) is 4.50. The average molecular weight is 439 g/mol. The van der Waals surface area contributed by atoms with Crippen molar-refractivity contribution in [2.75, 3.05) is 11.5 Å². The summed E-state index contributed by atoms with van der Waals surface area (Å²) in [7, 11) is -8.61. The molecule has 0 fully saturated rings. The van der Waals surface area contributed by atoms with Gasteiger partial charge in [-0.2, -0.15) is 0 Å². The Hall–Kier alpha value is -0.890. The fraction of sp³-hybridized carbons (Fsp3) is 0.850. The lowest BCUT2D eigenvalue weighted by Crippen LogP contribution is -2.54. The molecule has 0 radical (unpaired) electrons. The Balaban J connectivity index is 4.61. The number of hydrogen-bond donors (Lipinski definition) is 1. The number of carboxylic acids is 1. The number of sulfone groups is 2. The van der Waals surface area contributed by atoms with Crippen LogP contribution in [0, 0.1) is 0 Å². The summed E-state index contributed by atoms with van der Waals surface area (Å²) in [5.74, 6) is -2.80. The van der Waals surface area contributed by atoms with Crippen LogP contribution in [-0.4, -0.2) is 43.5 Å². The summed E-state index contributed by atoms with van der Waals surface area (Å²) >= 11 is 0. The van der Waals surface area contributed by atoms with E-state index in [0.717, 1.165) is 25.7 Å². The minimum absolute atomic E-state index is 0.255. The van der Waals surface area contributed by atoms with Gasteiger partial charge in [-0.3, -0.25) is 0 Å². The molecule has 0 rings (SSSR count). The molecule has 0 heterocycles. The zero-order valence-corrected chi connectivity index (χ0v) is 19.3. The quantitative estimate of drug-likeness (QED) is 0.265. The van der Waals surface area contributed by atoms with Crippen molar-refractivity contribution in [1.29, 1.82) is 0 Å². The van der Waals surface area contributed by atoms with Crippen LogP contribution in [-0.2, 0) is 24.5 Å². The second kappa shape index (κ2) is 13.4. The Morgan fingerprint density at radius 2 is 1.18 bits per heavy atom. The molecule has 0 aromatic heterocycles. The van der Waals surface area contributed by atoms with Gasteiger partial charge in [0.05, 0.1) is 0 Å². The Labute approximate surface area is 171 Å². The summed E-state index contributed by atoms with van der Waals surface area (Å²) in [6, 6.07) is 0. The molecular formula is C20H38O6S2. The van der Waals surface area contributed by atoms with E-state index >= 15 is 0 Å². The molecule has 0 aromatic carbocycles. The van der Waals surface area contributed by atoms with Crippen LogP contribution in [0.3, 0.4) is 0 Å². The minimum atomic E-state index is -4.30. The predicted molar refractivity (Wildman–Crippen MR) is 115 cm³/mol. The fourth-order valence-corrected chi connectivity index (χ4v) is 7.87. The van der Waals surface area contributed by atoms with E-state index in [1.165, 1.54) is 39.5 Å². The molecule has 166 valence electrons. The summed E-state index contributed by atoms with van der Waals surface area (Å²) in [6.45, 7) is 4.76. The molecule has 0 saturated carbocycles. The van der Waals surface area contributed by atoms with E-state index in [9.17, 15) is 26.7 Å². The van der Waals surface area contributed by atoms with Crippen molar-refractivity contribution in [2.24, 2.45) is 0 Å². The summed E-state index contributed by atoms with van der Waals surface area (Å²) in [4.78, 5) is 11.8.